The topological polar surface area (TPSA) is 74.6 Å². The summed E-state index contributed by atoms with van der Waals surface area (Å²) in [6.45, 7) is 3.52. The molecule has 6 nitrogen and oxygen atoms in total. The summed E-state index contributed by atoms with van der Waals surface area (Å²) < 4.78 is 32.6. The van der Waals surface area contributed by atoms with Crippen LogP contribution in [-0.4, -0.2) is 46.0 Å². The van der Waals surface area contributed by atoms with Gasteiger partial charge in [0.05, 0.1) is 6.54 Å². The van der Waals surface area contributed by atoms with E-state index in [9.17, 15) is 8.42 Å². The van der Waals surface area contributed by atoms with Gasteiger partial charge in [-0.05, 0) is 52.5 Å². The Morgan fingerprint density at radius 2 is 2.20 bits per heavy atom. The van der Waals surface area contributed by atoms with Crippen LogP contribution in [0.25, 0.3) is 0 Å². The monoisotopic (exact) mass is 301 g/mol. The van der Waals surface area contributed by atoms with E-state index in [2.05, 4.69) is 28.9 Å². The average molecular weight is 301 g/mol. The lowest BCUT2D eigenvalue weighted by Crippen LogP contribution is -2.47. The lowest BCUT2D eigenvalue weighted by atomic mass is 10.0. The molecule has 0 radical (unpaired) electrons. The highest BCUT2D eigenvalue weighted by Crippen LogP contribution is 2.19. The second-order valence-electron chi connectivity index (χ2n) is 5.42. The van der Waals surface area contributed by atoms with Crippen molar-refractivity contribution >= 4 is 10.0 Å². The summed E-state index contributed by atoms with van der Waals surface area (Å²) in [5, 5.41) is 2.92. The first-order valence-electron chi connectivity index (χ1n) is 6.88. The predicted octanol–water partition coefficient (Wildman–Crippen LogP) is 0.760. The standard InChI is InChI=1S/C13H23N3O3S/c1-10-8-11(6-7-16(10)3)15-20(17,18)13-5-4-12(19-13)9-14-2/h4-5,10-11,14-15H,6-9H2,1-3H3. The fourth-order valence-corrected chi connectivity index (χ4v) is 3.68. The van der Waals surface area contributed by atoms with E-state index in [-0.39, 0.29) is 11.1 Å². The van der Waals surface area contributed by atoms with Gasteiger partial charge < -0.3 is 14.6 Å². The number of hydrogen-bond acceptors (Lipinski definition) is 5. The molecule has 2 rings (SSSR count). The fraction of sp³-hybridized carbons (Fsp3) is 0.692. The molecule has 0 spiro atoms. The van der Waals surface area contributed by atoms with Crippen LogP contribution in [0, 0.1) is 0 Å². The zero-order valence-electron chi connectivity index (χ0n) is 12.2. The second kappa shape index (κ2) is 6.26. The van der Waals surface area contributed by atoms with Gasteiger partial charge in [-0.3, -0.25) is 0 Å². The van der Waals surface area contributed by atoms with Crippen LogP contribution in [-0.2, 0) is 16.6 Å². The quantitative estimate of drug-likeness (QED) is 0.840. The molecule has 0 bridgehead atoms. The maximum absolute atomic E-state index is 12.3. The van der Waals surface area contributed by atoms with Crippen molar-refractivity contribution in [3.05, 3.63) is 17.9 Å². The molecule has 0 aliphatic carbocycles. The van der Waals surface area contributed by atoms with E-state index < -0.39 is 10.0 Å². The average Bonchev–Trinajstić information content (AvgIpc) is 2.83. The highest BCUT2D eigenvalue weighted by atomic mass is 32.2. The molecule has 2 unspecified atom stereocenters. The Kier molecular flexibility index (Phi) is 4.85. The van der Waals surface area contributed by atoms with Crippen LogP contribution in [0.15, 0.2) is 21.6 Å². The van der Waals surface area contributed by atoms with Gasteiger partial charge in [-0.2, -0.15) is 0 Å². The first-order valence-corrected chi connectivity index (χ1v) is 8.36. The number of nitrogens with one attached hydrogen (secondary N) is 2. The van der Waals surface area contributed by atoms with Crippen LogP contribution in [0.1, 0.15) is 25.5 Å². The minimum Gasteiger partial charge on any atom is -0.447 e. The number of sulfonamides is 1. The van der Waals surface area contributed by atoms with Crippen LogP contribution in [0.3, 0.4) is 0 Å². The smallest absolute Gasteiger partial charge is 0.274 e. The molecule has 1 aromatic heterocycles. The molecule has 2 N–H and O–H groups in total. The molecule has 0 saturated carbocycles. The number of likely N-dealkylation sites (tertiary alicyclic amines) is 1. The van der Waals surface area contributed by atoms with Crippen molar-refractivity contribution < 1.29 is 12.8 Å². The Morgan fingerprint density at radius 3 is 2.85 bits per heavy atom. The molecule has 1 aliphatic rings. The van der Waals surface area contributed by atoms with Crippen molar-refractivity contribution in [2.24, 2.45) is 0 Å². The summed E-state index contributed by atoms with van der Waals surface area (Å²) in [4.78, 5) is 2.24. The summed E-state index contributed by atoms with van der Waals surface area (Å²) in [7, 11) is 0.287. The van der Waals surface area contributed by atoms with Gasteiger partial charge in [-0.25, -0.2) is 13.1 Å². The number of rotatable bonds is 5. The molecule has 2 atom stereocenters. The van der Waals surface area contributed by atoms with E-state index in [0.29, 0.717) is 18.3 Å². The molecule has 7 heteroatoms. The Balaban J connectivity index is 2.03. The van der Waals surface area contributed by atoms with Crippen molar-refractivity contribution in [1.29, 1.82) is 0 Å². The Bertz CT molecular complexity index is 541. The van der Waals surface area contributed by atoms with Gasteiger partial charge in [0, 0.05) is 12.1 Å². The molecule has 20 heavy (non-hydrogen) atoms. The Hall–Kier alpha value is -0.890. The SMILES string of the molecule is CNCc1ccc(S(=O)(=O)NC2CCN(C)C(C)C2)o1. The lowest BCUT2D eigenvalue weighted by molar-refractivity contribution is 0.178. The molecule has 1 saturated heterocycles. The second-order valence-corrected chi connectivity index (χ2v) is 7.07. The molecular formula is C13H23N3O3S. The molecule has 2 heterocycles. The van der Waals surface area contributed by atoms with E-state index in [1.807, 2.05) is 0 Å². The number of hydrogen-bond donors (Lipinski definition) is 2. The van der Waals surface area contributed by atoms with Crippen LogP contribution in [0.2, 0.25) is 0 Å². The third-order valence-electron chi connectivity index (χ3n) is 3.78. The lowest BCUT2D eigenvalue weighted by Gasteiger charge is -2.34. The van der Waals surface area contributed by atoms with Crippen molar-refractivity contribution in [1.82, 2.24) is 14.9 Å². The zero-order valence-corrected chi connectivity index (χ0v) is 13.0. The minimum absolute atomic E-state index is 0.00525. The minimum atomic E-state index is -3.56. The van der Waals surface area contributed by atoms with E-state index in [1.165, 1.54) is 6.07 Å². The Morgan fingerprint density at radius 1 is 1.45 bits per heavy atom. The largest absolute Gasteiger partial charge is 0.447 e. The van der Waals surface area contributed by atoms with Crippen molar-refractivity contribution in [3.63, 3.8) is 0 Å². The summed E-state index contributed by atoms with van der Waals surface area (Å²) in [5.41, 5.74) is 0. The molecule has 114 valence electrons. The number of nitrogens with zero attached hydrogens (tertiary/aromatic N) is 1. The van der Waals surface area contributed by atoms with Gasteiger partial charge in [0.2, 0.25) is 5.09 Å². The van der Waals surface area contributed by atoms with Gasteiger partial charge in [-0.1, -0.05) is 0 Å². The normalized spacial score (nSPS) is 24.9. The maximum atomic E-state index is 12.3. The maximum Gasteiger partial charge on any atom is 0.274 e. The third-order valence-corrected chi connectivity index (χ3v) is 5.18. The van der Waals surface area contributed by atoms with Crippen molar-refractivity contribution in [2.75, 3.05) is 20.6 Å². The predicted molar refractivity (Wildman–Crippen MR) is 76.9 cm³/mol. The van der Waals surface area contributed by atoms with Crippen LogP contribution in [0.4, 0.5) is 0 Å². The molecular weight excluding hydrogens is 278 g/mol. The molecule has 1 aromatic rings. The zero-order chi connectivity index (χ0) is 14.8. The summed E-state index contributed by atoms with van der Waals surface area (Å²) >= 11 is 0. The summed E-state index contributed by atoms with van der Waals surface area (Å²) in [5.74, 6) is 0.615. The van der Waals surface area contributed by atoms with Crippen LogP contribution in [0.5, 0.6) is 0 Å². The fourth-order valence-electron chi connectivity index (χ4n) is 2.45. The van der Waals surface area contributed by atoms with Gasteiger partial charge in [0.1, 0.15) is 5.76 Å². The number of furan rings is 1. The van der Waals surface area contributed by atoms with E-state index in [4.69, 9.17) is 4.42 Å². The molecule has 0 aromatic carbocycles. The van der Waals surface area contributed by atoms with Crippen molar-refractivity contribution in [2.45, 2.75) is 43.5 Å². The van der Waals surface area contributed by atoms with Gasteiger partial charge in [-0.15, -0.1) is 0 Å². The van der Waals surface area contributed by atoms with E-state index >= 15 is 0 Å². The van der Waals surface area contributed by atoms with Crippen LogP contribution < -0.4 is 10.0 Å². The summed E-state index contributed by atoms with van der Waals surface area (Å²) in [6.07, 6.45) is 1.64. The molecule has 1 fully saturated rings. The number of piperidine rings is 1. The third kappa shape index (κ3) is 3.60. The van der Waals surface area contributed by atoms with Crippen molar-refractivity contribution in [3.8, 4) is 0 Å². The first-order chi connectivity index (χ1) is 9.42. The van der Waals surface area contributed by atoms with Gasteiger partial charge in [0.15, 0.2) is 0 Å². The van der Waals surface area contributed by atoms with E-state index in [0.717, 1.165) is 19.4 Å². The summed E-state index contributed by atoms with van der Waals surface area (Å²) in [6, 6.07) is 3.55. The molecule has 0 amide bonds. The first kappa shape index (κ1) is 15.5. The highest BCUT2D eigenvalue weighted by molar-refractivity contribution is 7.89. The van der Waals surface area contributed by atoms with Crippen LogP contribution >= 0.6 is 0 Å². The Labute approximate surface area is 120 Å². The highest BCUT2D eigenvalue weighted by Gasteiger charge is 2.28. The van der Waals surface area contributed by atoms with E-state index in [1.54, 1.807) is 13.1 Å². The molecule has 1 aliphatic heterocycles. The van der Waals surface area contributed by atoms with Gasteiger partial charge in [0.25, 0.3) is 10.0 Å². The van der Waals surface area contributed by atoms with Gasteiger partial charge >= 0.3 is 0 Å².